The number of amides is 1. The van der Waals surface area contributed by atoms with Crippen LogP contribution in [-0.4, -0.2) is 45.8 Å². The van der Waals surface area contributed by atoms with Crippen LogP contribution < -0.4 is 5.32 Å². The van der Waals surface area contributed by atoms with Gasteiger partial charge in [-0.3, -0.25) is 0 Å². The maximum atomic E-state index is 12.6. The molecule has 0 bridgehead atoms. The number of rotatable bonds is 9. The number of carbonyl (C=O) groups excluding carboxylic acids is 2. The smallest absolute Gasteiger partial charge is 0.408 e. The first-order chi connectivity index (χ1) is 12.5. The molecule has 9 heteroatoms. The van der Waals surface area contributed by atoms with Gasteiger partial charge in [0.15, 0.2) is 0 Å². The summed E-state index contributed by atoms with van der Waals surface area (Å²) in [5, 5.41) is 6.21. The number of ether oxygens (including phenoxy) is 2. The normalized spacial score (nSPS) is 14.8. The average molecular weight is 436 g/mol. The van der Waals surface area contributed by atoms with Crippen LogP contribution in [0.1, 0.15) is 75.2 Å². The number of carbonyl (C=O) groups is 2. The van der Waals surface area contributed by atoms with Crippen molar-refractivity contribution < 1.29 is 19.1 Å². The number of nitrogens with one attached hydrogen (secondary N) is 2. The summed E-state index contributed by atoms with van der Waals surface area (Å²) in [6, 6.07) is -0.817. The fourth-order valence-corrected chi connectivity index (χ4v) is 4.45. The van der Waals surface area contributed by atoms with E-state index in [0.717, 1.165) is 0 Å². The van der Waals surface area contributed by atoms with Gasteiger partial charge < -0.3 is 14.8 Å². The van der Waals surface area contributed by atoms with Gasteiger partial charge in [0, 0.05) is 10.00 Å². The molecule has 0 aromatic carbocycles. The molecule has 7 nitrogen and oxygen atoms in total. The van der Waals surface area contributed by atoms with Crippen molar-refractivity contribution in [3.63, 3.8) is 0 Å². The maximum absolute atomic E-state index is 12.6. The van der Waals surface area contributed by atoms with Crippen molar-refractivity contribution in [2.45, 2.75) is 102 Å². The SMILES string of the molecule is CC(C)(C)OC(=O)N[C@@H](CCC(CN=N)SSC(C)(C)C)C(=O)OC(C)(C)C. The van der Waals surface area contributed by atoms with Crippen molar-refractivity contribution in [1.29, 1.82) is 5.53 Å². The van der Waals surface area contributed by atoms with E-state index in [1.54, 1.807) is 63.1 Å². The lowest BCUT2D eigenvalue weighted by Crippen LogP contribution is -2.46. The highest BCUT2D eigenvalue weighted by molar-refractivity contribution is 8.77. The van der Waals surface area contributed by atoms with E-state index in [1.807, 2.05) is 0 Å². The summed E-state index contributed by atoms with van der Waals surface area (Å²) in [7, 11) is 3.37. The van der Waals surface area contributed by atoms with Crippen molar-refractivity contribution in [2.24, 2.45) is 5.11 Å². The van der Waals surface area contributed by atoms with E-state index in [9.17, 15) is 9.59 Å². The van der Waals surface area contributed by atoms with Gasteiger partial charge in [-0.15, -0.1) is 0 Å². The molecule has 2 atom stereocenters. The first-order valence-corrected chi connectivity index (χ1v) is 11.6. The Morgan fingerprint density at radius 1 is 0.964 bits per heavy atom. The lowest BCUT2D eigenvalue weighted by Gasteiger charge is -2.27. The highest BCUT2D eigenvalue weighted by Crippen LogP contribution is 2.39. The van der Waals surface area contributed by atoms with E-state index in [2.05, 4.69) is 31.2 Å². The van der Waals surface area contributed by atoms with Gasteiger partial charge >= 0.3 is 12.1 Å². The second kappa shape index (κ2) is 11.3. The van der Waals surface area contributed by atoms with Crippen molar-refractivity contribution >= 4 is 33.7 Å². The van der Waals surface area contributed by atoms with Gasteiger partial charge in [-0.05, 0) is 54.4 Å². The zero-order valence-electron chi connectivity index (χ0n) is 18.7. The number of hydrogen-bond acceptors (Lipinski definition) is 8. The molecule has 0 fully saturated rings. The zero-order valence-corrected chi connectivity index (χ0v) is 20.3. The summed E-state index contributed by atoms with van der Waals surface area (Å²) in [5.41, 5.74) is 5.87. The van der Waals surface area contributed by atoms with Gasteiger partial charge in [-0.1, -0.05) is 42.4 Å². The molecule has 2 N–H and O–H groups in total. The van der Waals surface area contributed by atoms with Gasteiger partial charge in [0.2, 0.25) is 0 Å². The van der Waals surface area contributed by atoms with Gasteiger partial charge in [-0.25, -0.2) is 15.1 Å². The lowest BCUT2D eigenvalue weighted by molar-refractivity contribution is -0.157. The van der Waals surface area contributed by atoms with Crippen molar-refractivity contribution in [3.05, 3.63) is 0 Å². The Morgan fingerprint density at radius 2 is 1.50 bits per heavy atom. The topological polar surface area (TPSA) is 101 Å². The summed E-state index contributed by atoms with van der Waals surface area (Å²) < 4.78 is 10.8. The van der Waals surface area contributed by atoms with Gasteiger partial charge in [0.1, 0.15) is 17.2 Å². The van der Waals surface area contributed by atoms with E-state index in [-0.39, 0.29) is 10.00 Å². The van der Waals surface area contributed by atoms with Crippen LogP contribution in [0, 0.1) is 5.53 Å². The molecule has 0 saturated carbocycles. The van der Waals surface area contributed by atoms with Crippen LogP contribution in [-0.2, 0) is 14.3 Å². The summed E-state index contributed by atoms with van der Waals surface area (Å²) in [5.74, 6) is -0.492. The Bertz CT molecular complexity index is 523. The minimum absolute atomic E-state index is 0.0621. The Morgan fingerprint density at radius 3 is 1.93 bits per heavy atom. The van der Waals surface area contributed by atoms with Crippen LogP contribution in [0.15, 0.2) is 5.11 Å². The fourth-order valence-electron chi connectivity index (χ4n) is 1.91. The van der Waals surface area contributed by atoms with E-state index in [4.69, 9.17) is 15.0 Å². The molecule has 0 radical (unpaired) electrons. The Hall–Kier alpha value is -0.960. The van der Waals surface area contributed by atoms with Crippen molar-refractivity contribution in [2.75, 3.05) is 6.54 Å². The molecule has 0 aromatic heterocycles. The average Bonchev–Trinajstić information content (AvgIpc) is 2.43. The zero-order chi connectivity index (χ0) is 22.2. The van der Waals surface area contributed by atoms with Gasteiger partial charge in [0.05, 0.1) is 6.54 Å². The van der Waals surface area contributed by atoms with Crippen LogP contribution >= 0.6 is 21.6 Å². The van der Waals surface area contributed by atoms with Crippen LogP contribution in [0.3, 0.4) is 0 Å². The molecule has 1 amide bonds. The minimum Gasteiger partial charge on any atom is -0.458 e. The summed E-state index contributed by atoms with van der Waals surface area (Å²) in [6.07, 6.45) is 0.337. The molecule has 0 rings (SSSR count). The molecule has 0 aliphatic heterocycles. The number of alkyl carbamates (subject to hydrolysis) is 1. The molecule has 0 aliphatic rings. The number of nitrogens with zero attached hydrogens (tertiary/aromatic N) is 1. The summed E-state index contributed by atoms with van der Waals surface area (Å²) in [4.78, 5) is 24.8. The summed E-state index contributed by atoms with van der Waals surface area (Å²) >= 11 is 0. The monoisotopic (exact) mass is 435 g/mol. The highest BCUT2D eigenvalue weighted by atomic mass is 33.1. The molecule has 0 aliphatic carbocycles. The largest absolute Gasteiger partial charge is 0.458 e. The Labute approximate surface area is 177 Å². The number of hydrogen-bond donors (Lipinski definition) is 2. The van der Waals surface area contributed by atoms with Gasteiger partial charge in [0.25, 0.3) is 0 Å². The van der Waals surface area contributed by atoms with Crippen LogP contribution in [0.25, 0.3) is 0 Å². The van der Waals surface area contributed by atoms with E-state index in [1.165, 1.54) is 0 Å². The molecule has 28 heavy (non-hydrogen) atoms. The predicted octanol–water partition coefficient (Wildman–Crippen LogP) is 5.58. The Balaban J connectivity index is 5.08. The molecular weight excluding hydrogens is 398 g/mol. The van der Waals surface area contributed by atoms with Crippen LogP contribution in [0.5, 0.6) is 0 Å². The lowest BCUT2D eigenvalue weighted by atomic mass is 10.1. The Kier molecular flexibility index (Phi) is 10.9. The summed E-state index contributed by atoms with van der Waals surface area (Å²) in [6.45, 7) is 17.4. The quantitative estimate of drug-likeness (QED) is 0.278. The molecule has 1 unspecified atom stereocenters. The first-order valence-electron chi connectivity index (χ1n) is 9.42. The fraction of sp³-hybridized carbons (Fsp3) is 0.895. The van der Waals surface area contributed by atoms with Gasteiger partial charge in [-0.2, -0.15) is 5.11 Å². The minimum atomic E-state index is -0.817. The third kappa shape index (κ3) is 15.0. The van der Waals surface area contributed by atoms with Crippen LogP contribution in [0.4, 0.5) is 4.79 Å². The van der Waals surface area contributed by atoms with Crippen LogP contribution in [0.2, 0.25) is 0 Å². The van der Waals surface area contributed by atoms with E-state index >= 15 is 0 Å². The van der Waals surface area contributed by atoms with Crippen molar-refractivity contribution in [1.82, 2.24) is 5.32 Å². The number of esters is 1. The standard InChI is InChI=1S/C19H37N3O4S2/c1-17(2,3)25-15(23)14(22-16(24)26-18(4,5)6)11-10-13(12-21-20)27-28-19(7,8)9/h13-14,20H,10-12H2,1-9H3,(H,22,24)/t13?,14-/m0/s1. The van der Waals surface area contributed by atoms with E-state index < -0.39 is 29.3 Å². The molecule has 0 saturated heterocycles. The molecular formula is C19H37N3O4S2. The predicted molar refractivity (Wildman–Crippen MR) is 117 cm³/mol. The third-order valence-electron chi connectivity index (χ3n) is 2.89. The molecule has 0 spiro atoms. The second-order valence-corrected chi connectivity index (χ2v) is 12.9. The van der Waals surface area contributed by atoms with Crippen molar-refractivity contribution in [3.8, 4) is 0 Å². The molecule has 164 valence electrons. The highest BCUT2D eigenvalue weighted by Gasteiger charge is 2.29. The van der Waals surface area contributed by atoms with E-state index in [0.29, 0.717) is 19.4 Å². The second-order valence-electron chi connectivity index (χ2n) is 9.56. The molecule has 0 heterocycles. The first kappa shape index (κ1) is 27.0. The third-order valence-corrected chi connectivity index (χ3v) is 6.75. The molecule has 0 aromatic rings. The maximum Gasteiger partial charge on any atom is 0.408 e.